The van der Waals surface area contributed by atoms with E-state index in [1.165, 1.54) is 0 Å². The summed E-state index contributed by atoms with van der Waals surface area (Å²) in [4.78, 5) is 10.6. The number of rotatable bonds is 2. The third-order valence-corrected chi connectivity index (χ3v) is 2.52. The summed E-state index contributed by atoms with van der Waals surface area (Å²) in [6.07, 6.45) is -1.46. The van der Waals surface area contributed by atoms with Gasteiger partial charge in [0.05, 0.1) is 5.69 Å². The molecule has 2 aromatic carbocycles. The fourth-order valence-corrected chi connectivity index (χ4v) is 1.69. The molecule has 2 aromatic rings. The highest BCUT2D eigenvalue weighted by Gasteiger charge is 2.16. The van der Waals surface area contributed by atoms with Crippen molar-refractivity contribution >= 4 is 11.8 Å². The minimum Gasteiger partial charge on any atom is -0.465 e. The highest BCUT2D eigenvalue weighted by molar-refractivity contribution is 5.90. The molecule has 104 valence electrons. The summed E-state index contributed by atoms with van der Waals surface area (Å²) < 4.78 is 52.9. The van der Waals surface area contributed by atoms with E-state index in [0.717, 1.165) is 18.2 Å². The molecule has 0 bridgehead atoms. The largest absolute Gasteiger partial charge is 0.465 e. The van der Waals surface area contributed by atoms with E-state index in [1.54, 1.807) is 0 Å². The predicted octanol–water partition coefficient (Wildman–Crippen LogP) is 4.00. The molecule has 0 aliphatic rings. The third-order valence-electron chi connectivity index (χ3n) is 2.52. The van der Waals surface area contributed by atoms with Crippen LogP contribution in [0.1, 0.15) is 0 Å². The number of amides is 1. The van der Waals surface area contributed by atoms with Gasteiger partial charge in [-0.1, -0.05) is 0 Å². The third kappa shape index (κ3) is 2.71. The van der Waals surface area contributed by atoms with E-state index in [-0.39, 0.29) is 11.3 Å². The second-order valence-electron chi connectivity index (χ2n) is 3.87. The Labute approximate surface area is 110 Å². The summed E-state index contributed by atoms with van der Waals surface area (Å²) in [5.41, 5.74) is -0.834. The molecule has 0 spiro atoms. The molecule has 7 heteroatoms. The molecule has 2 N–H and O–H groups in total. The van der Waals surface area contributed by atoms with Crippen molar-refractivity contribution in [2.24, 2.45) is 0 Å². The lowest BCUT2D eigenvalue weighted by Gasteiger charge is -2.11. The Morgan fingerprint density at radius 2 is 1.55 bits per heavy atom. The van der Waals surface area contributed by atoms with Crippen LogP contribution in [-0.2, 0) is 0 Å². The second kappa shape index (κ2) is 5.20. The van der Waals surface area contributed by atoms with Crippen LogP contribution in [0, 0.1) is 23.3 Å². The first-order valence-corrected chi connectivity index (χ1v) is 5.33. The first-order valence-electron chi connectivity index (χ1n) is 5.33. The number of carbonyl (C=O) groups is 1. The average molecular weight is 285 g/mol. The van der Waals surface area contributed by atoms with Gasteiger partial charge in [-0.15, -0.1) is 0 Å². The van der Waals surface area contributed by atoms with Gasteiger partial charge < -0.3 is 5.11 Å². The van der Waals surface area contributed by atoms with E-state index >= 15 is 0 Å². The van der Waals surface area contributed by atoms with Gasteiger partial charge in [0.2, 0.25) is 0 Å². The highest BCUT2D eigenvalue weighted by atomic mass is 19.2. The zero-order valence-corrected chi connectivity index (χ0v) is 9.75. The van der Waals surface area contributed by atoms with Crippen LogP contribution in [0.5, 0.6) is 0 Å². The Kier molecular flexibility index (Phi) is 3.60. The first kappa shape index (κ1) is 13.9. The smallest absolute Gasteiger partial charge is 0.409 e. The molecule has 1 amide bonds. The standard InChI is InChI=1S/C13H7F4NO2/c14-6-1-2-12(18-13(19)20)8(3-6)7-4-10(16)11(17)5-9(7)15/h1-5,18H,(H,19,20). The summed E-state index contributed by atoms with van der Waals surface area (Å²) in [5.74, 6) is -4.63. The topological polar surface area (TPSA) is 49.3 Å². The maximum Gasteiger partial charge on any atom is 0.409 e. The first-order chi connectivity index (χ1) is 9.38. The van der Waals surface area contributed by atoms with Crippen LogP contribution in [0.3, 0.4) is 0 Å². The van der Waals surface area contributed by atoms with E-state index in [0.29, 0.717) is 12.1 Å². The van der Waals surface area contributed by atoms with Gasteiger partial charge in [0, 0.05) is 17.2 Å². The molecule has 0 aliphatic heterocycles. The molecule has 0 atom stereocenters. The fourth-order valence-electron chi connectivity index (χ4n) is 1.69. The van der Waals surface area contributed by atoms with Gasteiger partial charge in [-0.3, -0.25) is 5.32 Å². The summed E-state index contributed by atoms with van der Waals surface area (Å²) in [5, 5.41) is 10.6. The molecule has 0 fully saturated rings. The fraction of sp³-hybridized carbons (Fsp3) is 0. The van der Waals surface area contributed by atoms with Crippen molar-refractivity contribution in [3.63, 3.8) is 0 Å². The van der Waals surface area contributed by atoms with Crippen LogP contribution in [-0.4, -0.2) is 11.2 Å². The number of halogens is 4. The van der Waals surface area contributed by atoms with Gasteiger partial charge in [-0.25, -0.2) is 22.4 Å². The van der Waals surface area contributed by atoms with Gasteiger partial charge in [-0.2, -0.15) is 0 Å². The van der Waals surface area contributed by atoms with Crippen molar-refractivity contribution in [1.29, 1.82) is 0 Å². The quantitative estimate of drug-likeness (QED) is 0.647. The zero-order chi connectivity index (χ0) is 14.9. The van der Waals surface area contributed by atoms with E-state index < -0.39 is 34.9 Å². The van der Waals surface area contributed by atoms with E-state index in [9.17, 15) is 22.4 Å². The minimum absolute atomic E-state index is 0.149. The maximum absolute atomic E-state index is 13.7. The molecule has 0 saturated heterocycles. The number of carboxylic acid groups (broad SMARTS) is 1. The zero-order valence-electron chi connectivity index (χ0n) is 9.75. The van der Waals surface area contributed by atoms with Gasteiger partial charge in [0.15, 0.2) is 11.6 Å². The molecule has 2 rings (SSSR count). The molecule has 0 unspecified atom stereocenters. The van der Waals surface area contributed by atoms with E-state index in [1.807, 2.05) is 5.32 Å². The Bertz CT molecular complexity index is 688. The van der Waals surface area contributed by atoms with Crippen molar-refractivity contribution in [3.8, 4) is 11.1 Å². The van der Waals surface area contributed by atoms with Crippen LogP contribution < -0.4 is 5.32 Å². The van der Waals surface area contributed by atoms with Crippen molar-refractivity contribution in [2.75, 3.05) is 5.32 Å². The highest BCUT2D eigenvalue weighted by Crippen LogP contribution is 2.32. The minimum atomic E-state index is -1.46. The summed E-state index contributed by atoms with van der Waals surface area (Å²) in [7, 11) is 0. The maximum atomic E-state index is 13.7. The van der Waals surface area contributed by atoms with Crippen LogP contribution >= 0.6 is 0 Å². The SMILES string of the molecule is O=C(O)Nc1ccc(F)cc1-c1cc(F)c(F)cc1F. The van der Waals surface area contributed by atoms with Crippen molar-refractivity contribution in [2.45, 2.75) is 0 Å². The lowest BCUT2D eigenvalue weighted by molar-refractivity contribution is 0.209. The molecule has 20 heavy (non-hydrogen) atoms. The lowest BCUT2D eigenvalue weighted by Crippen LogP contribution is -2.09. The normalized spacial score (nSPS) is 10.4. The molecule has 3 nitrogen and oxygen atoms in total. The summed E-state index contributed by atoms with van der Waals surface area (Å²) in [6.45, 7) is 0. The Morgan fingerprint density at radius 1 is 0.900 bits per heavy atom. The Morgan fingerprint density at radius 3 is 2.20 bits per heavy atom. The number of benzene rings is 2. The monoisotopic (exact) mass is 285 g/mol. The number of anilines is 1. The van der Waals surface area contributed by atoms with Gasteiger partial charge in [0.1, 0.15) is 11.6 Å². The molecule has 0 aliphatic carbocycles. The van der Waals surface area contributed by atoms with Gasteiger partial charge >= 0.3 is 6.09 Å². The van der Waals surface area contributed by atoms with E-state index in [2.05, 4.69) is 0 Å². The second-order valence-corrected chi connectivity index (χ2v) is 3.87. The van der Waals surface area contributed by atoms with Gasteiger partial charge in [-0.05, 0) is 24.3 Å². The molecule has 0 aromatic heterocycles. The van der Waals surface area contributed by atoms with Gasteiger partial charge in [0.25, 0.3) is 0 Å². The number of hydrogen-bond acceptors (Lipinski definition) is 1. The molecule has 0 radical (unpaired) electrons. The van der Waals surface area contributed by atoms with Crippen LogP contribution in [0.25, 0.3) is 11.1 Å². The summed E-state index contributed by atoms with van der Waals surface area (Å²) in [6, 6.07) is 3.67. The van der Waals surface area contributed by atoms with Crippen LogP contribution in [0.4, 0.5) is 28.0 Å². The summed E-state index contributed by atoms with van der Waals surface area (Å²) >= 11 is 0. The predicted molar refractivity (Wildman–Crippen MR) is 63.4 cm³/mol. The van der Waals surface area contributed by atoms with Crippen molar-refractivity contribution in [3.05, 3.63) is 53.6 Å². The van der Waals surface area contributed by atoms with Crippen molar-refractivity contribution in [1.82, 2.24) is 0 Å². The molecule has 0 heterocycles. The number of nitrogens with one attached hydrogen (secondary N) is 1. The molecule has 0 saturated carbocycles. The van der Waals surface area contributed by atoms with E-state index in [4.69, 9.17) is 5.11 Å². The van der Waals surface area contributed by atoms with Crippen LogP contribution in [0.15, 0.2) is 30.3 Å². The van der Waals surface area contributed by atoms with Crippen molar-refractivity contribution < 1.29 is 27.5 Å². The van der Waals surface area contributed by atoms with Crippen LogP contribution in [0.2, 0.25) is 0 Å². The molecular weight excluding hydrogens is 278 g/mol. The number of hydrogen-bond donors (Lipinski definition) is 2. The Balaban J connectivity index is 2.64. The lowest BCUT2D eigenvalue weighted by atomic mass is 10.0. The Hall–Kier alpha value is -2.57. The molecular formula is C13H7F4NO2. The average Bonchev–Trinajstić information content (AvgIpc) is 2.35.